The minimum Gasteiger partial charge on any atom is -0.314 e. The molecule has 2 aromatic heterocycles. The maximum atomic E-state index is 5.95. The second-order valence-corrected chi connectivity index (χ2v) is 5.01. The third-order valence-electron chi connectivity index (χ3n) is 3.26. The van der Waals surface area contributed by atoms with E-state index in [1.54, 1.807) is 0 Å². The van der Waals surface area contributed by atoms with Gasteiger partial charge in [-0.2, -0.15) is 0 Å². The van der Waals surface area contributed by atoms with Gasteiger partial charge in [-0.3, -0.25) is 4.90 Å². The summed E-state index contributed by atoms with van der Waals surface area (Å²) in [5, 5.41) is 4.01. The smallest absolute Gasteiger partial charge is 0.137 e. The molecule has 1 aliphatic rings. The summed E-state index contributed by atoms with van der Waals surface area (Å²) in [6.45, 7) is 3.04. The Morgan fingerprint density at radius 1 is 1.47 bits per heavy atom. The molecule has 0 bridgehead atoms. The van der Waals surface area contributed by atoms with Crippen LogP contribution < -0.4 is 5.32 Å². The number of imidazole rings is 1. The summed E-state index contributed by atoms with van der Waals surface area (Å²) in [4.78, 5) is 6.91. The zero-order valence-electron chi connectivity index (χ0n) is 9.73. The third-order valence-corrected chi connectivity index (χ3v) is 3.48. The summed E-state index contributed by atoms with van der Waals surface area (Å²) in [5.74, 6) is 0. The highest BCUT2D eigenvalue weighted by Gasteiger charge is 2.21. The fourth-order valence-corrected chi connectivity index (χ4v) is 2.23. The Morgan fingerprint density at radius 2 is 2.29 bits per heavy atom. The largest absolute Gasteiger partial charge is 0.314 e. The van der Waals surface area contributed by atoms with Gasteiger partial charge in [-0.1, -0.05) is 11.6 Å². The predicted octanol–water partition coefficient (Wildman–Crippen LogP) is 1.39. The van der Waals surface area contributed by atoms with E-state index in [2.05, 4.69) is 22.2 Å². The van der Waals surface area contributed by atoms with Crippen molar-refractivity contribution < 1.29 is 0 Å². The Balaban J connectivity index is 1.80. The first kappa shape index (κ1) is 11.0. The Hall–Kier alpha value is -1.10. The molecule has 0 unspecified atom stereocenters. The van der Waals surface area contributed by atoms with Crippen LogP contribution in [-0.2, 0) is 6.54 Å². The van der Waals surface area contributed by atoms with Gasteiger partial charge < -0.3 is 9.72 Å². The lowest BCUT2D eigenvalue weighted by Crippen LogP contribution is -2.55. The van der Waals surface area contributed by atoms with Crippen molar-refractivity contribution in [3.05, 3.63) is 35.2 Å². The van der Waals surface area contributed by atoms with Crippen LogP contribution in [0.1, 0.15) is 5.69 Å². The summed E-state index contributed by atoms with van der Waals surface area (Å²) in [5.41, 5.74) is 2.03. The molecular formula is C12H15ClN4. The molecule has 0 aromatic carbocycles. The van der Waals surface area contributed by atoms with Crippen molar-refractivity contribution in [3.8, 4) is 0 Å². The van der Waals surface area contributed by atoms with Crippen molar-refractivity contribution in [3.63, 3.8) is 0 Å². The summed E-state index contributed by atoms with van der Waals surface area (Å²) in [7, 11) is 2.14. The molecule has 1 saturated heterocycles. The first-order valence-corrected chi connectivity index (χ1v) is 6.14. The average Bonchev–Trinajstić information content (AvgIpc) is 2.55. The first-order chi connectivity index (χ1) is 8.22. The van der Waals surface area contributed by atoms with E-state index >= 15 is 0 Å². The molecule has 0 radical (unpaired) electrons. The van der Waals surface area contributed by atoms with Gasteiger partial charge >= 0.3 is 0 Å². The number of rotatable bonds is 3. The zero-order valence-corrected chi connectivity index (χ0v) is 10.5. The van der Waals surface area contributed by atoms with Gasteiger partial charge in [0.25, 0.3) is 0 Å². The highest BCUT2D eigenvalue weighted by Crippen LogP contribution is 2.13. The van der Waals surface area contributed by atoms with E-state index in [4.69, 9.17) is 11.6 Å². The van der Waals surface area contributed by atoms with Crippen molar-refractivity contribution in [2.75, 3.05) is 20.1 Å². The number of fused-ring (bicyclic) bond motifs is 1. The Labute approximate surface area is 105 Å². The molecule has 0 aliphatic carbocycles. The molecule has 5 heteroatoms. The minimum absolute atomic E-state index is 0.642. The number of aromatic nitrogens is 2. The summed E-state index contributed by atoms with van der Waals surface area (Å²) in [6, 6.07) is 4.45. The SMILES string of the molecule is CN(Cc1cn2cc(Cl)ccc2n1)C1CNC1. The molecular weight excluding hydrogens is 236 g/mol. The van der Waals surface area contributed by atoms with Gasteiger partial charge in [-0.05, 0) is 19.2 Å². The molecule has 0 atom stereocenters. The van der Waals surface area contributed by atoms with Gasteiger partial charge in [0.2, 0.25) is 0 Å². The van der Waals surface area contributed by atoms with Crippen molar-refractivity contribution >= 4 is 17.2 Å². The molecule has 90 valence electrons. The molecule has 0 spiro atoms. The number of nitrogens with one attached hydrogen (secondary N) is 1. The molecule has 4 nitrogen and oxygen atoms in total. The van der Waals surface area contributed by atoms with Gasteiger partial charge in [0.1, 0.15) is 5.65 Å². The second-order valence-electron chi connectivity index (χ2n) is 4.57. The van der Waals surface area contributed by atoms with E-state index in [1.807, 2.05) is 28.9 Å². The number of nitrogens with zero attached hydrogens (tertiary/aromatic N) is 3. The van der Waals surface area contributed by atoms with Crippen molar-refractivity contribution in [1.29, 1.82) is 0 Å². The van der Waals surface area contributed by atoms with Crippen LogP contribution in [0.15, 0.2) is 24.5 Å². The third kappa shape index (κ3) is 2.16. The van der Waals surface area contributed by atoms with Crippen LogP contribution in [0.4, 0.5) is 0 Å². The highest BCUT2D eigenvalue weighted by atomic mass is 35.5. The zero-order chi connectivity index (χ0) is 11.8. The molecule has 1 fully saturated rings. The molecule has 17 heavy (non-hydrogen) atoms. The van der Waals surface area contributed by atoms with Gasteiger partial charge in [0.15, 0.2) is 0 Å². The molecule has 0 saturated carbocycles. The van der Waals surface area contributed by atoms with E-state index in [-0.39, 0.29) is 0 Å². The van der Waals surface area contributed by atoms with Crippen LogP contribution in [0.25, 0.3) is 5.65 Å². The lowest BCUT2D eigenvalue weighted by molar-refractivity contribution is 0.171. The fourth-order valence-electron chi connectivity index (χ4n) is 2.06. The molecule has 3 rings (SSSR count). The standard InChI is InChI=1S/C12H15ClN4/c1-16(11-4-14-5-11)7-10-8-17-6-9(13)2-3-12(17)15-10/h2-3,6,8,11,14H,4-5,7H2,1H3. The normalized spacial score (nSPS) is 16.6. The van der Waals surface area contributed by atoms with Gasteiger partial charge in [0.05, 0.1) is 10.7 Å². The molecule has 1 N–H and O–H groups in total. The number of hydrogen-bond acceptors (Lipinski definition) is 3. The van der Waals surface area contributed by atoms with Crippen LogP contribution in [0, 0.1) is 0 Å². The van der Waals surface area contributed by atoms with Gasteiger partial charge in [-0.25, -0.2) is 4.98 Å². The quantitative estimate of drug-likeness (QED) is 0.894. The highest BCUT2D eigenvalue weighted by molar-refractivity contribution is 6.30. The molecule has 1 aliphatic heterocycles. The van der Waals surface area contributed by atoms with E-state index < -0.39 is 0 Å². The number of halogens is 1. The second kappa shape index (κ2) is 4.29. The van der Waals surface area contributed by atoms with Crippen molar-refractivity contribution in [1.82, 2.24) is 19.6 Å². The van der Waals surface area contributed by atoms with E-state index in [9.17, 15) is 0 Å². The van der Waals surface area contributed by atoms with Crippen LogP contribution >= 0.6 is 11.6 Å². The Kier molecular flexibility index (Phi) is 2.78. The minimum atomic E-state index is 0.642. The lowest BCUT2D eigenvalue weighted by atomic mass is 10.1. The van der Waals surface area contributed by atoms with Crippen LogP contribution in [0.2, 0.25) is 5.02 Å². The maximum absolute atomic E-state index is 5.95. The first-order valence-electron chi connectivity index (χ1n) is 5.76. The Morgan fingerprint density at radius 3 is 3.00 bits per heavy atom. The summed E-state index contributed by atoms with van der Waals surface area (Å²) in [6.07, 6.45) is 3.93. The lowest BCUT2D eigenvalue weighted by Gasteiger charge is -2.35. The van der Waals surface area contributed by atoms with E-state index in [0.717, 1.165) is 36.0 Å². The fraction of sp³-hybridized carbons (Fsp3) is 0.417. The van der Waals surface area contributed by atoms with Gasteiger partial charge in [0, 0.05) is 38.1 Å². The average molecular weight is 251 g/mol. The van der Waals surface area contributed by atoms with E-state index in [1.165, 1.54) is 0 Å². The summed E-state index contributed by atoms with van der Waals surface area (Å²) >= 11 is 5.95. The maximum Gasteiger partial charge on any atom is 0.137 e. The van der Waals surface area contributed by atoms with Crippen LogP contribution in [-0.4, -0.2) is 40.5 Å². The van der Waals surface area contributed by atoms with Crippen molar-refractivity contribution in [2.24, 2.45) is 0 Å². The van der Waals surface area contributed by atoms with Crippen molar-refractivity contribution in [2.45, 2.75) is 12.6 Å². The molecule has 2 aromatic rings. The monoisotopic (exact) mass is 250 g/mol. The van der Waals surface area contributed by atoms with Crippen LogP contribution in [0.3, 0.4) is 0 Å². The number of likely N-dealkylation sites (N-methyl/N-ethyl adjacent to an activating group) is 1. The Bertz CT molecular complexity index is 532. The van der Waals surface area contributed by atoms with Crippen LogP contribution in [0.5, 0.6) is 0 Å². The predicted molar refractivity (Wildman–Crippen MR) is 68.3 cm³/mol. The molecule has 3 heterocycles. The topological polar surface area (TPSA) is 32.6 Å². The van der Waals surface area contributed by atoms with Gasteiger partial charge in [-0.15, -0.1) is 0 Å². The summed E-state index contributed by atoms with van der Waals surface area (Å²) < 4.78 is 1.98. The van der Waals surface area contributed by atoms with E-state index in [0.29, 0.717) is 6.04 Å². The molecule has 0 amide bonds. The number of pyridine rings is 1. The number of hydrogen-bond donors (Lipinski definition) is 1.